The Labute approximate surface area is 103 Å². The maximum atomic E-state index is 12.0. The van der Waals surface area contributed by atoms with Crippen LogP contribution in [-0.4, -0.2) is 20.5 Å². The van der Waals surface area contributed by atoms with E-state index in [-0.39, 0.29) is 12.2 Å². The fourth-order valence-electron chi connectivity index (χ4n) is 1.51. The quantitative estimate of drug-likeness (QED) is 0.838. The molecule has 0 spiro atoms. The second-order valence-corrected chi connectivity index (χ2v) is 5.20. The number of thiazole rings is 1. The van der Waals surface area contributed by atoms with Crippen molar-refractivity contribution in [3.8, 4) is 0 Å². The zero-order valence-corrected chi connectivity index (χ0v) is 10.8. The molecule has 2 N–H and O–H groups in total. The summed E-state index contributed by atoms with van der Waals surface area (Å²) < 4.78 is 1.49. The van der Waals surface area contributed by atoms with Crippen LogP contribution in [0.25, 0.3) is 0 Å². The lowest BCUT2D eigenvalue weighted by molar-refractivity contribution is 0.0993. The number of ketones is 1. The number of anilines is 1. The Kier molecular flexibility index (Phi) is 2.97. The van der Waals surface area contributed by atoms with Gasteiger partial charge in [0, 0.05) is 11.9 Å². The summed E-state index contributed by atoms with van der Waals surface area (Å²) in [6, 6.07) is 0. The summed E-state index contributed by atoms with van der Waals surface area (Å²) in [5.41, 5.74) is 7.21. The molecule has 6 heteroatoms. The standard InChI is InChI=1S/C11H14N4OS/c1-6-7(2)17-10(14-6)4-9(16)8-5-13-15(3)11(8)12/h5H,4,12H2,1-3H3. The molecule has 0 fully saturated rings. The van der Waals surface area contributed by atoms with Crippen LogP contribution in [0.4, 0.5) is 5.82 Å². The molecular weight excluding hydrogens is 236 g/mol. The molecule has 0 bridgehead atoms. The molecule has 0 aliphatic heterocycles. The van der Waals surface area contributed by atoms with E-state index in [0.29, 0.717) is 11.4 Å². The van der Waals surface area contributed by atoms with E-state index in [9.17, 15) is 4.79 Å². The first-order chi connectivity index (χ1) is 7.99. The smallest absolute Gasteiger partial charge is 0.174 e. The van der Waals surface area contributed by atoms with Gasteiger partial charge in [-0.25, -0.2) is 4.98 Å². The van der Waals surface area contributed by atoms with Crippen LogP contribution in [0.15, 0.2) is 6.20 Å². The third-order valence-corrected chi connectivity index (χ3v) is 3.74. The van der Waals surface area contributed by atoms with E-state index in [2.05, 4.69) is 10.1 Å². The van der Waals surface area contributed by atoms with Crippen molar-refractivity contribution in [2.75, 3.05) is 5.73 Å². The summed E-state index contributed by atoms with van der Waals surface area (Å²) in [4.78, 5) is 17.5. The molecule has 5 nitrogen and oxygen atoms in total. The zero-order chi connectivity index (χ0) is 12.6. The van der Waals surface area contributed by atoms with Crippen molar-refractivity contribution in [1.82, 2.24) is 14.8 Å². The topological polar surface area (TPSA) is 73.8 Å². The van der Waals surface area contributed by atoms with Crippen LogP contribution in [0.1, 0.15) is 25.9 Å². The maximum Gasteiger partial charge on any atom is 0.174 e. The average molecular weight is 250 g/mol. The molecule has 0 aliphatic rings. The number of nitrogen functional groups attached to an aromatic ring is 1. The number of nitrogens with two attached hydrogens (primary N) is 1. The molecule has 90 valence electrons. The van der Waals surface area contributed by atoms with Crippen molar-refractivity contribution in [2.45, 2.75) is 20.3 Å². The van der Waals surface area contributed by atoms with Gasteiger partial charge in [0.1, 0.15) is 10.8 Å². The Balaban J connectivity index is 2.20. The van der Waals surface area contributed by atoms with E-state index >= 15 is 0 Å². The molecule has 2 aromatic rings. The van der Waals surface area contributed by atoms with Crippen molar-refractivity contribution >= 4 is 22.9 Å². The summed E-state index contributed by atoms with van der Waals surface area (Å²) in [7, 11) is 1.71. The molecule has 0 unspecified atom stereocenters. The molecule has 2 rings (SSSR count). The van der Waals surface area contributed by atoms with Crippen LogP contribution in [-0.2, 0) is 13.5 Å². The van der Waals surface area contributed by atoms with Gasteiger partial charge >= 0.3 is 0 Å². The minimum atomic E-state index is -0.0376. The Bertz CT molecular complexity index is 551. The van der Waals surface area contributed by atoms with Crippen molar-refractivity contribution < 1.29 is 4.79 Å². The number of hydrogen-bond donors (Lipinski definition) is 1. The van der Waals surface area contributed by atoms with Gasteiger partial charge in [-0.1, -0.05) is 0 Å². The molecule has 0 amide bonds. The fraction of sp³-hybridized carbons (Fsp3) is 0.364. The van der Waals surface area contributed by atoms with Crippen LogP contribution in [0.3, 0.4) is 0 Å². The van der Waals surface area contributed by atoms with E-state index < -0.39 is 0 Å². The van der Waals surface area contributed by atoms with E-state index in [1.54, 1.807) is 18.4 Å². The lowest BCUT2D eigenvalue weighted by atomic mass is 10.1. The van der Waals surface area contributed by atoms with Gasteiger partial charge in [0.15, 0.2) is 5.78 Å². The lowest BCUT2D eigenvalue weighted by Gasteiger charge is -1.97. The average Bonchev–Trinajstić information content (AvgIpc) is 2.73. The number of nitrogens with zero attached hydrogens (tertiary/aromatic N) is 3. The lowest BCUT2D eigenvalue weighted by Crippen LogP contribution is -2.07. The predicted molar refractivity (Wildman–Crippen MR) is 67.2 cm³/mol. The van der Waals surface area contributed by atoms with Crippen molar-refractivity contribution in [2.24, 2.45) is 7.05 Å². The molecule has 2 heterocycles. The molecule has 0 aliphatic carbocycles. The van der Waals surface area contributed by atoms with Gasteiger partial charge in [0.05, 0.1) is 23.9 Å². The number of carbonyl (C=O) groups is 1. The first-order valence-electron chi connectivity index (χ1n) is 5.22. The molecule has 17 heavy (non-hydrogen) atoms. The molecular formula is C11H14N4OS. The summed E-state index contributed by atoms with van der Waals surface area (Å²) in [6.45, 7) is 3.94. The monoisotopic (exact) mass is 250 g/mol. The fourth-order valence-corrected chi connectivity index (χ4v) is 2.44. The largest absolute Gasteiger partial charge is 0.383 e. The molecule has 0 atom stereocenters. The highest BCUT2D eigenvalue weighted by Gasteiger charge is 2.16. The van der Waals surface area contributed by atoms with Crippen LogP contribution < -0.4 is 5.73 Å². The molecule has 0 saturated heterocycles. The van der Waals surface area contributed by atoms with Crippen LogP contribution in [0.2, 0.25) is 0 Å². The van der Waals surface area contributed by atoms with E-state index in [4.69, 9.17) is 5.73 Å². The highest BCUT2D eigenvalue weighted by molar-refractivity contribution is 7.11. The maximum absolute atomic E-state index is 12.0. The zero-order valence-electron chi connectivity index (χ0n) is 10.0. The van der Waals surface area contributed by atoms with Crippen LogP contribution in [0.5, 0.6) is 0 Å². The molecule has 0 radical (unpaired) electrons. The van der Waals surface area contributed by atoms with Crippen molar-refractivity contribution in [1.29, 1.82) is 0 Å². The van der Waals surface area contributed by atoms with Crippen LogP contribution in [0, 0.1) is 13.8 Å². The second kappa shape index (κ2) is 4.29. The van der Waals surface area contributed by atoms with Gasteiger partial charge in [-0.05, 0) is 13.8 Å². The van der Waals surface area contributed by atoms with Gasteiger partial charge in [-0.3, -0.25) is 9.48 Å². The third-order valence-electron chi connectivity index (χ3n) is 2.67. The Hall–Kier alpha value is -1.69. The second-order valence-electron chi connectivity index (χ2n) is 3.92. The summed E-state index contributed by atoms with van der Waals surface area (Å²) in [5, 5.41) is 4.78. The Morgan fingerprint density at radius 1 is 1.53 bits per heavy atom. The number of aryl methyl sites for hydroxylation is 3. The number of hydrogen-bond acceptors (Lipinski definition) is 5. The number of rotatable bonds is 3. The van der Waals surface area contributed by atoms with Crippen LogP contribution >= 0.6 is 11.3 Å². The van der Waals surface area contributed by atoms with Gasteiger partial charge in [0.2, 0.25) is 0 Å². The summed E-state index contributed by atoms with van der Waals surface area (Å²) in [5.74, 6) is 0.365. The first kappa shape index (κ1) is 11.8. The minimum absolute atomic E-state index is 0.0376. The van der Waals surface area contributed by atoms with Gasteiger partial charge < -0.3 is 5.73 Å². The molecule has 2 aromatic heterocycles. The minimum Gasteiger partial charge on any atom is -0.383 e. The third kappa shape index (κ3) is 2.21. The number of carbonyl (C=O) groups excluding carboxylic acids is 1. The summed E-state index contributed by atoms with van der Waals surface area (Å²) >= 11 is 1.55. The van der Waals surface area contributed by atoms with Gasteiger partial charge in [0.25, 0.3) is 0 Å². The molecule has 0 saturated carbocycles. The normalized spacial score (nSPS) is 10.8. The Morgan fingerprint density at radius 3 is 2.71 bits per heavy atom. The number of aromatic nitrogens is 3. The van der Waals surface area contributed by atoms with Crippen molar-refractivity contribution in [3.63, 3.8) is 0 Å². The summed E-state index contributed by atoms with van der Waals surface area (Å²) in [6.07, 6.45) is 1.79. The molecule has 0 aromatic carbocycles. The van der Waals surface area contributed by atoms with Gasteiger partial charge in [-0.2, -0.15) is 5.10 Å². The van der Waals surface area contributed by atoms with E-state index in [0.717, 1.165) is 15.6 Å². The highest BCUT2D eigenvalue weighted by atomic mass is 32.1. The first-order valence-corrected chi connectivity index (χ1v) is 6.04. The highest BCUT2D eigenvalue weighted by Crippen LogP contribution is 2.19. The van der Waals surface area contributed by atoms with Crippen molar-refractivity contribution in [3.05, 3.63) is 27.3 Å². The van der Waals surface area contributed by atoms with E-state index in [1.807, 2.05) is 13.8 Å². The number of Topliss-reactive ketones (excluding diaryl/α,β-unsaturated/α-hetero) is 1. The SMILES string of the molecule is Cc1nc(CC(=O)c2cnn(C)c2N)sc1C. The van der Waals surface area contributed by atoms with E-state index in [1.165, 1.54) is 10.9 Å². The Morgan fingerprint density at radius 2 is 2.24 bits per heavy atom. The predicted octanol–water partition coefficient (Wildman–Crippen LogP) is 1.50. The van der Waals surface area contributed by atoms with Gasteiger partial charge in [-0.15, -0.1) is 11.3 Å².